The van der Waals surface area contributed by atoms with Gasteiger partial charge in [0.05, 0.1) is 5.75 Å². The van der Waals surface area contributed by atoms with Crippen LogP contribution in [-0.4, -0.2) is 33.0 Å². The van der Waals surface area contributed by atoms with Crippen LogP contribution in [0.25, 0.3) is 0 Å². The largest absolute Gasteiger partial charge is 0.337 e. The van der Waals surface area contributed by atoms with E-state index >= 15 is 0 Å². The lowest BCUT2D eigenvalue weighted by atomic mass is 10.1. The molecule has 1 aromatic rings. The molecule has 0 aromatic heterocycles. The third kappa shape index (κ3) is 5.04. The summed E-state index contributed by atoms with van der Waals surface area (Å²) >= 11 is 0. The minimum Gasteiger partial charge on any atom is -0.337 e. The van der Waals surface area contributed by atoms with Crippen molar-refractivity contribution in [1.29, 1.82) is 0 Å². The van der Waals surface area contributed by atoms with Gasteiger partial charge in [-0.05, 0) is 37.0 Å². The van der Waals surface area contributed by atoms with Gasteiger partial charge in [0, 0.05) is 23.9 Å². The number of sulfone groups is 1. The smallest absolute Gasteiger partial charge is 0.319 e. The predicted octanol–water partition coefficient (Wildman–Crippen LogP) is 2.20. The fourth-order valence-corrected chi connectivity index (χ4v) is 3.92. The van der Waals surface area contributed by atoms with Crippen molar-refractivity contribution in [3.63, 3.8) is 0 Å². The van der Waals surface area contributed by atoms with Crippen LogP contribution in [0.3, 0.4) is 0 Å². The Bertz CT molecular complexity index is 622. The number of carbonyl (C=O) groups is 1. The lowest BCUT2D eigenvalue weighted by Gasteiger charge is -2.15. The third-order valence-corrected chi connectivity index (χ3v) is 4.88. The van der Waals surface area contributed by atoms with Crippen molar-refractivity contribution in [2.45, 2.75) is 26.2 Å². The molecule has 1 saturated carbocycles. The number of amides is 2. The fraction of sp³-hybridized carbons (Fsp3) is 0.533. The third-order valence-electron chi connectivity index (χ3n) is 3.74. The molecule has 1 aromatic carbocycles. The van der Waals surface area contributed by atoms with Gasteiger partial charge in [0.2, 0.25) is 0 Å². The first-order valence-corrected chi connectivity index (χ1v) is 9.19. The van der Waals surface area contributed by atoms with Gasteiger partial charge in [-0.3, -0.25) is 0 Å². The summed E-state index contributed by atoms with van der Waals surface area (Å²) in [5, 5.41) is 5.56. The van der Waals surface area contributed by atoms with Crippen LogP contribution in [-0.2, 0) is 16.3 Å². The Morgan fingerprint density at radius 3 is 2.62 bits per heavy atom. The highest BCUT2D eigenvalue weighted by molar-refractivity contribution is 7.90. The van der Waals surface area contributed by atoms with Gasteiger partial charge in [-0.1, -0.05) is 19.1 Å². The molecule has 2 N–H and O–H groups in total. The molecule has 21 heavy (non-hydrogen) atoms. The van der Waals surface area contributed by atoms with E-state index in [0.29, 0.717) is 6.54 Å². The van der Waals surface area contributed by atoms with Gasteiger partial charge in [0.25, 0.3) is 0 Å². The molecule has 1 fully saturated rings. The van der Waals surface area contributed by atoms with Crippen molar-refractivity contribution >= 4 is 21.6 Å². The van der Waals surface area contributed by atoms with Gasteiger partial charge in [-0.25, -0.2) is 13.2 Å². The maximum atomic E-state index is 11.9. The Labute approximate surface area is 126 Å². The molecule has 0 unspecified atom stereocenters. The van der Waals surface area contributed by atoms with Gasteiger partial charge in [-0.2, -0.15) is 0 Å². The zero-order valence-electron chi connectivity index (χ0n) is 12.5. The Kier molecular flexibility index (Phi) is 4.56. The molecule has 0 spiro atoms. The van der Waals surface area contributed by atoms with Crippen LogP contribution in [0.1, 0.15) is 25.3 Å². The number of anilines is 1. The van der Waals surface area contributed by atoms with E-state index in [9.17, 15) is 13.2 Å². The van der Waals surface area contributed by atoms with E-state index in [4.69, 9.17) is 0 Å². The quantitative estimate of drug-likeness (QED) is 0.846. The fourth-order valence-electron chi connectivity index (χ4n) is 2.42. The van der Waals surface area contributed by atoms with E-state index in [0.717, 1.165) is 30.5 Å². The second-order valence-electron chi connectivity index (χ2n) is 5.93. The molecule has 0 radical (unpaired) electrons. The molecule has 0 bridgehead atoms. The maximum Gasteiger partial charge on any atom is 0.319 e. The van der Waals surface area contributed by atoms with E-state index in [1.54, 1.807) is 0 Å². The van der Waals surface area contributed by atoms with Crippen molar-refractivity contribution in [1.82, 2.24) is 5.32 Å². The Morgan fingerprint density at radius 2 is 2.05 bits per heavy atom. The van der Waals surface area contributed by atoms with Crippen LogP contribution in [0, 0.1) is 5.41 Å². The number of carbonyl (C=O) groups excluding carboxylic acids is 1. The van der Waals surface area contributed by atoms with Crippen molar-refractivity contribution in [3.05, 3.63) is 29.8 Å². The summed E-state index contributed by atoms with van der Waals surface area (Å²) in [5.41, 5.74) is 1.65. The second kappa shape index (κ2) is 6.05. The molecular weight excluding hydrogens is 288 g/mol. The maximum absolute atomic E-state index is 11.9. The first-order chi connectivity index (χ1) is 9.82. The summed E-state index contributed by atoms with van der Waals surface area (Å²) in [6.07, 6.45) is 3.86. The summed E-state index contributed by atoms with van der Waals surface area (Å²) in [7, 11) is -3.01. The van der Waals surface area contributed by atoms with E-state index < -0.39 is 9.84 Å². The predicted molar refractivity (Wildman–Crippen MR) is 84.2 cm³/mol. The first kappa shape index (κ1) is 15.8. The number of rotatable bonds is 6. The van der Waals surface area contributed by atoms with Crippen LogP contribution in [0.15, 0.2) is 24.3 Å². The molecule has 2 rings (SSSR count). The van der Waals surface area contributed by atoms with Crippen molar-refractivity contribution in [2.24, 2.45) is 5.41 Å². The topological polar surface area (TPSA) is 75.3 Å². The molecular formula is C15H22N2O3S. The van der Waals surface area contributed by atoms with Gasteiger partial charge >= 0.3 is 6.03 Å². The molecule has 5 nitrogen and oxygen atoms in total. The van der Waals surface area contributed by atoms with Crippen molar-refractivity contribution in [2.75, 3.05) is 23.9 Å². The number of urea groups is 1. The van der Waals surface area contributed by atoms with Crippen molar-refractivity contribution in [3.8, 4) is 0 Å². The molecule has 0 heterocycles. The van der Waals surface area contributed by atoms with E-state index in [1.165, 1.54) is 6.26 Å². The van der Waals surface area contributed by atoms with Crippen LogP contribution >= 0.6 is 0 Å². The van der Waals surface area contributed by atoms with Gasteiger partial charge in [-0.15, -0.1) is 0 Å². The SMILES string of the molecule is CCc1cccc(NC(=O)NCC2(CS(C)(=O)=O)CC2)c1. The molecule has 0 atom stereocenters. The van der Waals surface area contributed by atoms with Crippen LogP contribution in [0.4, 0.5) is 10.5 Å². The number of hydrogen-bond acceptors (Lipinski definition) is 3. The zero-order valence-corrected chi connectivity index (χ0v) is 13.3. The van der Waals surface area contributed by atoms with Crippen LogP contribution < -0.4 is 10.6 Å². The standard InChI is InChI=1S/C15H22N2O3S/c1-3-12-5-4-6-13(9-12)17-14(18)16-10-15(7-8-15)11-21(2,19)20/h4-6,9H,3,7-8,10-11H2,1-2H3,(H2,16,17,18). The number of hydrogen-bond donors (Lipinski definition) is 2. The number of benzene rings is 1. The molecule has 1 aliphatic rings. The van der Waals surface area contributed by atoms with Crippen molar-refractivity contribution < 1.29 is 13.2 Å². The molecule has 0 aliphatic heterocycles. The van der Waals surface area contributed by atoms with Gasteiger partial charge < -0.3 is 10.6 Å². The summed E-state index contributed by atoms with van der Waals surface area (Å²) in [5.74, 6) is 0.144. The molecule has 2 amide bonds. The highest BCUT2D eigenvalue weighted by Gasteiger charge is 2.45. The minimum atomic E-state index is -3.01. The summed E-state index contributed by atoms with van der Waals surface area (Å²) < 4.78 is 22.7. The summed E-state index contributed by atoms with van der Waals surface area (Å²) in [6.45, 7) is 2.46. The lowest BCUT2D eigenvalue weighted by molar-refractivity contribution is 0.250. The van der Waals surface area contributed by atoms with Gasteiger partial charge in [0.15, 0.2) is 0 Å². The van der Waals surface area contributed by atoms with E-state index in [1.807, 2.05) is 24.3 Å². The Balaban J connectivity index is 1.85. The average molecular weight is 310 g/mol. The number of aryl methyl sites for hydroxylation is 1. The molecule has 1 aliphatic carbocycles. The first-order valence-electron chi connectivity index (χ1n) is 7.13. The highest BCUT2D eigenvalue weighted by atomic mass is 32.2. The zero-order chi connectivity index (χ0) is 15.5. The molecule has 116 valence electrons. The minimum absolute atomic E-state index is 0.144. The Hall–Kier alpha value is -1.56. The summed E-state index contributed by atoms with van der Waals surface area (Å²) in [6, 6.07) is 7.39. The lowest BCUT2D eigenvalue weighted by Crippen LogP contribution is -2.36. The monoisotopic (exact) mass is 310 g/mol. The normalized spacial score (nSPS) is 16.3. The highest BCUT2D eigenvalue weighted by Crippen LogP contribution is 2.46. The van der Waals surface area contributed by atoms with Crippen LogP contribution in [0.2, 0.25) is 0 Å². The second-order valence-corrected chi connectivity index (χ2v) is 8.07. The van der Waals surface area contributed by atoms with E-state index in [-0.39, 0.29) is 17.2 Å². The van der Waals surface area contributed by atoms with Gasteiger partial charge in [0.1, 0.15) is 9.84 Å². The average Bonchev–Trinajstić information content (AvgIpc) is 3.14. The molecule has 6 heteroatoms. The van der Waals surface area contributed by atoms with E-state index in [2.05, 4.69) is 17.6 Å². The Morgan fingerprint density at radius 1 is 1.33 bits per heavy atom. The summed E-state index contributed by atoms with van der Waals surface area (Å²) in [4.78, 5) is 11.9. The number of nitrogens with one attached hydrogen (secondary N) is 2. The molecule has 0 saturated heterocycles. The van der Waals surface area contributed by atoms with Crippen LogP contribution in [0.5, 0.6) is 0 Å².